The zero-order chi connectivity index (χ0) is 15.3. The Hall–Kier alpha value is -0.756. The van der Waals surface area contributed by atoms with Crippen molar-refractivity contribution in [2.24, 2.45) is 0 Å². The molecule has 0 heterocycles. The van der Waals surface area contributed by atoms with E-state index < -0.39 is 22.5 Å². The average molecular weight is 307 g/mol. The first kappa shape index (κ1) is 18.2. The molecule has 0 atom stereocenters. The van der Waals surface area contributed by atoms with Gasteiger partial charge in [-0.3, -0.25) is 0 Å². The van der Waals surface area contributed by atoms with Gasteiger partial charge in [-0.25, -0.2) is 0 Å². The molecule has 0 rings (SSSR count). The number of hydrogen-bond donors (Lipinski definition) is 0. The molecule has 0 aliphatic rings. The topological polar surface area (TPSA) is 27.7 Å². The molecule has 0 saturated carbocycles. The second-order valence-electron chi connectivity index (χ2n) is 6.12. The Morgan fingerprint density at radius 3 is 1.79 bits per heavy atom. The van der Waals surface area contributed by atoms with Crippen LogP contribution >= 0.6 is 0 Å². The van der Waals surface area contributed by atoms with Gasteiger partial charge in [-0.15, -0.1) is 0 Å². The van der Waals surface area contributed by atoms with E-state index in [2.05, 4.69) is 0 Å². The van der Waals surface area contributed by atoms with Crippen molar-refractivity contribution in [3.63, 3.8) is 0 Å². The fraction of sp³-hybridized carbons (Fsp3) is 0.692. The summed E-state index contributed by atoms with van der Waals surface area (Å²) in [4.78, 5) is 0. The van der Waals surface area contributed by atoms with Crippen LogP contribution in [0.25, 0.3) is 0 Å². The molecule has 0 amide bonds. The van der Waals surface area contributed by atoms with Gasteiger partial charge in [0, 0.05) is 0 Å². The highest BCUT2D eigenvalue weighted by Crippen LogP contribution is 2.25. The van der Waals surface area contributed by atoms with E-state index in [1.165, 1.54) is 0 Å². The number of ether oxygens (including phenoxy) is 1. The van der Waals surface area contributed by atoms with Gasteiger partial charge in [0.15, 0.2) is 0 Å². The van der Waals surface area contributed by atoms with E-state index >= 15 is 0 Å². The number of halogens is 1. The first-order chi connectivity index (χ1) is 8.50. The normalized spacial score (nSPS) is 14.9. The van der Waals surface area contributed by atoms with Gasteiger partial charge in [-0.2, -0.15) is 4.39 Å². The van der Waals surface area contributed by atoms with Crippen molar-refractivity contribution < 1.29 is 18.0 Å². The lowest BCUT2D eigenvalue weighted by Crippen LogP contribution is -2.28. The Kier molecular flexibility index (Phi) is 6.86. The molecule has 0 fully saturated rings. The van der Waals surface area contributed by atoms with Crippen molar-refractivity contribution in [1.29, 1.82) is 0 Å². The fourth-order valence-electron chi connectivity index (χ4n) is 1.21. The maximum Gasteiger partial charge on any atom is 0.306 e. The Bertz CT molecular complexity index is 352. The van der Waals surface area contributed by atoms with E-state index in [4.69, 9.17) is 13.6 Å². The SMILES string of the molecule is C/C=C(O[Si](C)(C)C)\C(F)=C(\OCC)O[Si](C)(C)C. The smallest absolute Gasteiger partial charge is 0.306 e. The molecule has 6 heteroatoms. The molecule has 0 saturated heterocycles. The van der Waals surface area contributed by atoms with Gasteiger partial charge >= 0.3 is 5.95 Å². The molecule has 0 aromatic rings. The van der Waals surface area contributed by atoms with E-state index in [1.54, 1.807) is 19.9 Å². The second-order valence-corrected chi connectivity index (χ2v) is 15.0. The van der Waals surface area contributed by atoms with Crippen LogP contribution < -0.4 is 0 Å². The molecule has 0 aliphatic heterocycles. The number of allylic oxidation sites excluding steroid dienone is 2. The van der Waals surface area contributed by atoms with Crippen LogP contribution in [0.4, 0.5) is 4.39 Å². The quantitative estimate of drug-likeness (QED) is 0.385. The molecule has 0 N–H and O–H groups in total. The highest BCUT2D eigenvalue weighted by molar-refractivity contribution is 6.70. The predicted molar refractivity (Wildman–Crippen MR) is 82.4 cm³/mol. The second kappa shape index (κ2) is 7.14. The van der Waals surface area contributed by atoms with Gasteiger partial charge in [0.2, 0.25) is 22.5 Å². The number of hydrogen-bond acceptors (Lipinski definition) is 3. The van der Waals surface area contributed by atoms with Gasteiger partial charge in [-0.1, -0.05) is 0 Å². The van der Waals surface area contributed by atoms with Gasteiger partial charge in [0.25, 0.3) is 0 Å². The Morgan fingerprint density at radius 2 is 1.47 bits per heavy atom. The van der Waals surface area contributed by atoms with Crippen molar-refractivity contribution in [1.82, 2.24) is 0 Å². The Labute approximate surface area is 118 Å². The minimum Gasteiger partial charge on any atom is -0.542 e. The monoisotopic (exact) mass is 306 g/mol. The van der Waals surface area contributed by atoms with Crippen LogP contribution in [0.15, 0.2) is 23.6 Å². The zero-order valence-electron chi connectivity index (χ0n) is 13.4. The molecule has 0 aliphatic carbocycles. The lowest BCUT2D eigenvalue weighted by molar-refractivity contribution is 0.0984. The molecular formula is C13H27FO3Si2. The van der Waals surface area contributed by atoms with Crippen LogP contribution in [0, 0.1) is 0 Å². The maximum atomic E-state index is 14.5. The summed E-state index contributed by atoms with van der Waals surface area (Å²) in [6, 6.07) is 0. The summed E-state index contributed by atoms with van der Waals surface area (Å²) in [7, 11) is -3.81. The molecule has 0 bridgehead atoms. The van der Waals surface area contributed by atoms with E-state index in [0.29, 0.717) is 6.61 Å². The summed E-state index contributed by atoms with van der Waals surface area (Å²) >= 11 is 0. The van der Waals surface area contributed by atoms with Crippen LogP contribution in [0.2, 0.25) is 39.3 Å². The molecular weight excluding hydrogens is 279 g/mol. The molecule has 0 aromatic carbocycles. The third-order valence-corrected chi connectivity index (χ3v) is 3.38. The summed E-state index contributed by atoms with van der Waals surface area (Å²) < 4.78 is 31.1. The summed E-state index contributed by atoms with van der Waals surface area (Å²) in [5, 5.41) is 0. The minimum atomic E-state index is -1.93. The van der Waals surface area contributed by atoms with Crippen molar-refractivity contribution in [3.8, 4) is 0 Å². The van der Waals surface area contributed by atoms with Gasteiger partial charge in [-0.05, 0) is 59.2 Å². The van der Waals surface area contributed by atoms with Crippen LogP contribution in [-0.4, -0.2) is 23.2 Å². The highest BCUT2D eigenvalue weighted by Gasteiger charge is 2.26. The fourth-order valence-corrected chi connectivity index (χ4v) is 2.78. The molecule has 0 spiro atoms. The first-order valence-electron chi connectivity index (χ1n) is 6.57. The molecule has 0 aromatic heterocycles. The molecule has 3 nitrogen and oxygen atoms in total. The summed E-state index contributed by atoms with van der Waals surface area (Å²) in [6.07, 6.45) is 1.61. The molecule has 0 unspecified atom stereocenters. The van der Waals surface area contributed by atoms with Gasteiger partial charge in [0.1, 0.15) is 5.76 Å². The van der Waals surface area contributed by atoms with E-state index in [9.17, 15) is 4.39 Å². The summed E-state index contributed by atoms with van der Waals surface area (Å²) in [5.41, 5.74) is 0. The van der Waals surface area contributed by atoms with Gasteiger partial charge in [0.05, 0.1) is 6.61 Å². The van der Waals surface area contributed by atoms with Crippen LogP contribution in [0.5, 0.6) is 0 Å². The van der Waals surface area contributed by atoms with E-state index in [-0.39, 0.29) is 11.7 Å². The third kappa shape index (κ3) is 8.10. The van der Waals surface area contributed by atoms with Crippen molar-refractivity contribution in [2.45, 2.75) is 53.1 Å². The largest absolute Gasteiger partial charge is 0.542 e. The van der Waals surface area contributed by atoms with E-state index in [0.717, 1.165) is 0 Å². The average Bonchev–Trinajstić information content (AvgIpc) is 2.21. The van der Waals surface area contributed by atoms with Crippen molar-refractivity contribution in [2.75, 3.05) is 6.61 Å². The van der Waals surface area contributed by atoms with E-state index in [1.807, 2.05) is 39.3 Å². The van der Waals surface area contributed by atoms with Gasteiger partial charge < -0.3 is 13.6 Å². The lowest BCUT2D eigenvalue weighted by Gasteiger charge is -2.24. The van der Waals surface area contributed by atoms with Crippen LogP contribution in [0.3, 0.4) is 0 Å². The van der Waals surface area contributed by atoms with Crippen molar-refractivity contribution >= 4 is 16.6 Å². The standard InChI is InChI=1S/C13H27FO3Si2/c1-9-11(16-18(3,4)5)12(14)13(15-10-2)17-19(6,7)8/h9H,10H2,1-8H3/b11-9+,13-12+. The summed E-state index contributed by atoms with van der Waals surface area (Å²) in [5.74, 6) is -0.386. The molecule has 0 radical (unpaired) electrons. The lowest BCUT2D eigenvalue weighted by atomic mass is 10.4. The summed E-state index contributed by atoms with van der Waals surface area (Å²) in [6.45, 7) is 15.9. The van der Waals surface area contributed by atoms with Crippen LogP contribution in [-0.2, 0) is 13.6 Å². The predicted octanol–water partition coefficient (Wildman–Crippen LogP) is 4.77. The Morgan fingerprint density at radius 1 is 1.00 bits per heavy atom. The highest BCUT2D eigenvalue weighted by atomic mass is 28.4. The third-order valence-electron chi connectivity index (χ3n) is 1.75. The first-order valence-corrected chi connectivity index (χ1v) is 13.4. The maximum absolute atomic E-state index is 14.5. The number of rotatable bonds is 7. The molecule has 112 valence electrons. The Balaban J connectivity index is 5.30. The van der Waals surface area contributed by atoms with Crippen molar-refractivity contribution in [3.05, 3.63) is 23.6 Å². The molecule has 19 heavy (non-hydrogen) atoms. The minimum absolute atomic E-state index is 0.0481. The van der Waals surface area contributed by atoms with Crippen LogP contribution in [0.1, 0.15) is 13.8 Å². The zero-order valence-corrected chi connectivity index (χ0v) is 15.4.